The number of rotatable bonds is 5. The first-order valence-electron chi connectivity index (χ1n) is 9.70. The SMILES string of the molecule is Cc1cc(C)c(NC(=O)c2cccc(CN3CCC[C@@H](C(N)=O)C3)c2)c(C)n1. The molecule has 1 aromatic heterocycles. The summed E-state index contributed by atoms with van der Waals surface area (Å²) in [6.07, 6.45) is 1.82. The van der Waals surface area contributed by atoms with E-state index in [0.29, 0.717) is 18.7 Å². The van der Waals surface area contributed by atoms with Gasteiger partial charge in [0.2, 0.25) is 5.91 Å². The van der Waals surface area contributed by atoms with E-state index in [4.69, 9.17) is 5.73 Å². The summed E-state index contributed by atoms with van der Waals surface area (Å²) in [5.41, 5.74) is 10.6. The molecule has 2 amide bonds. The Morgan fingerprint density at radius 2 is 2.04 bits per heavy atom. The summed E-state index contributed by atoms with van der Waals surface area (Å²) in [5, 5.41) is 3.00. The normalized spacial score (nSPS) is 17.3. The van der Waals surface area contributed by atoms with Crippen molar-refractivity contribution in [2.24, 2.45) is 11.7 Å². The van der Waals surface area contributed by atoms with Crippen molar-refractivity contribution in [1.29, 1.82) is 0 Å². The van der Waals surface area contributed by atoms with E-state index in [1.54, 1.807) is 0 Å². The van der Waals surface area contributed by atoms with Crippen LogP contribution in [0.1, 0.15) is 45.7 Å². The van der Waals surface area contributed by atoms with Gasteiger partial charge in [0.25, 0.3) is 5.91 Å². The van der Waals surface area contributed by atoms with E-state index < -0.39 is 0 Å². The summed E-state index contributed by atoms with van der Waals surface area (Å²) in [4.78, 5) is 30.9. The number of hydrogen-bond donors (Lipinski definition) is 2. The Bertz CT molecular complexity index is 871. The summed E-state index contributed by atoms with van der Waals surface area (Å²) < 4.78 is 0. The molecule has 6 heteroatoms. The van der Waals surface area contributed by atoms with Gasteiger partial charge in [0.1, 0.15) is 0 Å². The summed E-state index contributed by atoms with van der Waals surface area (Å²) >= 11 is 0. The van der Waals surface area contributed by atoms with Crippen LogP contribution in [0.15, 0.2) is 30.3 Å². The molecule has 1 aromatic carbocycles. The fraction of sp³-hybridized carbons (Fsp3) is 0.409. The summed E-state index contributed by atoms with van der Waals surface area (Å²) in [6.45, 7) is 8.14. The zero-order chi connectivity index (χ0) is 20.3. The van der Waals surface area contributed by atoms with Crippen LogP contribution in [0.25, 0.3) is 0 Å². The number of primary amides is 1. The third-order valence-electron chi connectivity index (χ3n) is 5.27. The van der Waals surface area contributed by atoms with Crippen molar-refractivity contribution in [3.05, 3.63) is 58.4 Å². The van der Waals surface area contributed by atoms with Gasteiger partial charge in [-0.3, -0.25) is 19.5 Å². The monoisotopic (exact) mass is 380 g/mol. The Morgan fingerprint density at radius 1 is 1.25 bits per heavy atom. The van der Waals surface area contributed by atoms with Crippen LogP contribution >= 0.6 is 0 Å². The maximum Gasteiger partial charge on any atom is 0.255 e. The van der Waals surface area contributed by atoms with Crippen molar-refractivity contribution in [2.45, 2.75) is 40.2 Å². The molecule has 3 N–H and O–H groups in total. The van der Waals surface area contributed by atoms with Gasteiger partial charge in [0.05, 0.1) is 17.3 Å². The molecule has 0 bridgehead atoms. The highest BCUT2D eigenvalue weighted by Crippen LogP contribution is 2.21. The van der Waals surface area contributed by atoms with Gasteiger partial charge in [-0.25, -0.2) is 0 Å². The summed E-state index contributed by atoms with van der Waals surface area (Å²) in [6, 6.07) is 9.59. The molecule has 0 aliphatic carbocycles. The minimum absolute atomic E-state index is 0.0831. The fourth-order valence-electron chi connectivity index (χ4n) is 3.90. The Balaban J connectivity index is 1.71. The Labute approximate surface area is 166 Å². The lowest BCUT2D eigenvalue weighted by atomic mass is 9.97. The van der Waals surface area contributed by atoms with E-state index in [1.165, 1.54) is 0 Å². The molecule has 1 saturated heterocycles. The number of piperidine rings is 1. The van der Waals surface area contributed by atoms with Gasteiger partial charge in [0.15, 0.2) is 0 Å². The van der Waals surface area contributed by atoms with Crippen LogP contribution in [0.5, 0.6) is 0 Å². The summed E-state index contributed by atoms with van der Waals surface area (Å²) in [7, 11) is 0. The Morgan fingerprint density at radius 3 is 2.75 bits per heavy atom. The molecule has 1 aliphatic heterocycles. The van der Waals surface area contributed by atoms with E-state index in [0.717, 1.165) is 47.6 Å². The Hall–Kier alpha value is -2.73. The number of carbonyl (C=O) groups excluding carboxylic acids is 2. The predicted molar refractivity (Wildman–Crippen MR) is 110 cm³/mol. The minimum Gasteiger partial charge on any atom is -0.369 e. The van der Waals surface area contributed by atoms with Crippen molar-refractivity contribution in [3.8, 4) is 0 Å². The van der Waals surface area contributed by atoms with Crippen molar-refractivity contribution < 1.29 is 9.59 Å². The van der Waals surface area contributed by atoms with Crippen LogP contribution in [0.4, 0.5) is 5.69 Å². The lowest BCUT2D eigenvalue weighted by molar-refractivity contribution is -0.123. The van der Waals surface area contributed by atoms with Crippen molar-refractivity contribution in [3.63, 3.8) is 0 Å². The second-order valence-electron chi connectivity index (χ2n) is 7.67. The van der Waals surface area contributed by atoms with Crippen LogP contribution in [0.2, 0.25) is 0 Å². The highest BCUT2D eigenvalue weighted by atomic mass is 16.2. The molecule has 1 atom stereocenters. The number of amides is 2. The first kappa shape index (κ1) is 20.0. The minimum atomic E-state index is -0.227. The molecular weight excluding hydrogens is 352 g/mol. The summed E-state index contributed by atoms with van der Waals surface area (Å²) in [5.74, 6) is -0.456. The van der Waals surface area contributed by atoms with Crippen molar-refractivity contribution in [2.75, 3.05) is 18.4 Å². The maximum absolute atomic E-state index is 12.8. The van der Waals surface area contributed by atoms with E-state index in [1.807, 2.05) is 51.1 Å². The number of aromatic nitrogens is 1. The molecule has 0 spiro atoms. The molecule has 0 unspecified atom stereocenters. The largest absolute Gasteiger partial charge is 0.369 e. The van der Waals surface area contributed by atoms with E-state index in [-0.39, 0.29) is 17.7 Å². The number of nitrogens with one attached hydrogen (secondary N) is 1. The van der Waals surface area contributed by atoms with Crippen molar-refractivity contribution in [1.82, 2.24) is 9.88 Å². The first-order chi connectivity index (χ1) is 13.3. The highest BCUT2D eigenvalue weighted by Gasteiger charge is 2.24. The molecular formula is C22H28N4O2. The zero-order valence-corrected chi connectivity index (χ0v) is 16.8. The second kappa shape index (κ2) is 8.52. The average molecular weight is 380 g/mol. The standard InChI is InChI=1S/C22H28N4O2/c1-14-10-15(2)24-16(3)20(14)25-22(28)18-7-4-6-17(11-18)12-26-9-5-8-19(13-26)21(23)27/h4,6-7,10-11,19H,5,8-9,12-13H2,1-3H3,(H2,23,27)(H,25,28)/t19-/m1/s1. The molecule has 1 aliphatic rings. The van der Waals surface area contributed by atoms with Crippen LogP contribution in [-0.2, 0) is 11.3 Å². The van der Waals surface area contributed by atoms with E-state index >= 15 is 0 Å². The maximum atomic E-state index is 12.8. The molecule has 2 heterocycles. The average Bonchev–Trinajstić information content (AvgIpc) is 2.65. The van der Waals surface area contributed by atoms with Crippen LogP contribution in [0, 0.1) is 26.7 Å². The number of pyridine rings is 1. The lowest BCUT2D eigenvalue weighted by Gasteiger charge is -2.31. The molecule has 28 heavy (non-hydrogen) atoms. The number of nitrogens with two attached hydrogens (primary N) is 1. The molecule has 2 aromatic rings. The Kier molecular flexibility index (Phi) is 6.09. The van der Waals surface area contributed by atoms with Gasteiger partial charge >= 0.3 is 0 Å². The number of carbonyl (C=O) groups is 2. The smallest absolute Gasteiger partial charge is 0.255 e. The first-order valence-corrected chi connectivity index (χ1v) is 9.70. The molecule has 148 valence electrons. The molecule has 1 fully saturated rings. The quantitative estimate of drug-likeness (QED) is 0.835. The van der Waals surface area contributed by atoms with Crippen molar-refractivity contribution >= 4 is 17.5 Å². The number of aryl methyl sites for hydroxylation is 3. The third-order valence-corrected chi connectivity index (χ3v) is 5.27. The number of nitrogens with zero attached hydrogens (tertiary/aromatic N) is 2. The van der Waals surface area contributed by atoms with Crippen LogP contribution in [-0.4, -0.2) is 34.8 Å². The number of likely N-dealkylation sites (tertiary alicyclic amines) is 1. The van der Waals surface area contributed by atoms with Gasteiger partial charge in [0, 0.05) is 24.3 Å². The van der Waals surface area contributed by atoms with E-state index in [2.05, 4.69) is 15.2 Å². The van der Waals surface area contributed by atoms with Gasteiger partial charge in [-0.2, -0.15) is 0 Å². The van der Waals surface area contributed by atoms with Gasteiger partial charge in [-0.1, -0.05) is 12.1 Å². The van der Waals surface area contributed by atoms with Crippen LogP contribution in [0.3, 0.4) is 0 Å². The molecule has 0 saturated carbocycles. The van der Waals surface area contributed by atoms with Gasteiger partial charge < -0.3 is 11.1 Å². The number of anilines is 1. The molecule has 3 rings (SSSR count). The highest BCUT2D eigenvalue weighted by molar-refractivity contribution is 6.05. The lowest BCUT2D eigenvalue weighted by Crippen LogP contribution is -2.40. The molecule has 0 radical (unpaired) electrons. The third kappa shape index (κ3) is 4.75. The van der Waals surface area contributed by atoms with Gasteiger partial charge in [-0.15, -0.1) is 0 Å². The van der Waals surface area contributed by atoms with Gasteiger partial charge in [-0.05, 0) is 69.5 Å². The number of hydrogen-bond acceptors (Lipinski definition) is 4. The zero-order valence-electron chi connectivity index (χ0n) is 16.8. The predicted octanol–water partition coefficient (Wildman–Crippen LogP) is 2.96. The number of benzene rings is 1. The fourth-order valence-corrected chi connectivity index (χ4v) is 3.90. The van der Waals surface area contributed by atoms with E-state index in [9.17, 15) is 9.59 Å². The van der Waals surface area contributed by atoms with Crippen LogP contribution < -0.4 is 11.1 Å². The second-order valence-corrected chi connectivity index (χ2v) is 7.67. The molecule has 6 nitrogen and oxygen atoms in total. The topological polar surface area (TPSA) is 88.3 Å².